The van der Waals surface area contributed by atoms with Crippen molar-refractivity contribution in [1.82, 2.24) is 10.5 Å². The van der Waals surface area contributed by atoms with Gasteiger partial charge in [-0.05, 0) is 18.1 Å². The molecule has 1 unspecified atom stereocenters. The Labute approximate surface area is 91.3 Å². The second-order valence-electron chi connectivity index (χ2n) is 3.05. The van der Waals surface area contributed by atoms with Gasteiger partial charge in [-0.2, -0.15) is 5.48 Å². The van der Waals surface area contributed by atoms with Crippen molar-refractivity contribution < 1.29 is 5.21 Å². The molecule has 74 valence electrons. The van der Waals surface area contributed by atoms with Gasteiger partial charge < -0.3 is 5.21 Å². The van der Waals surface area contributed by atoms with E-state index >= 15 is 0 Å². The first-order chi connectivity index (χ1) is 6.72. The maximum absolute atomic E-state index is 8.93. The molecule has 1 heterocycles. The number of rotatable bonds is 1. The number of pyridine rings is 1. The van der Waals surface area contributed by atoms with Crippen LogP contribution >= 0.6 is 23.2 Å². The fourth-order valence-electron chi connectivity index (χ4n) is 1.49. The molecule has 1 atom stereocenters. The van der Waals surface area contributed by atoms with Crippen LogP contribution in [0.5, 0.6) is 0 Å². The minimum atomic E-state index is -0.433. The highest BCUT2D eigenvalue weighted by Gasteiger charge is 2.22. The molecule has 14 heavy (non-hydrogen) atoms. The number of hydrogen-bond acceptors (Lipinski definition) is 3. The summed E-state index contributed by atoms with van der Waals surface area (Å²) in [5, 5.41) is 10.1. The highest BCUT2D eigenvalue weighted by atomic mass is 35.5. The summed E-state index contributed by atoms with van der Waals surface area (Å²) in [7, 11) is 0. The third-order valence-corrected chi connectivity index (χ3v) is 2.74. The van der Waals surface area contributed by atoms with Gasteiger partial charge in [0.25, 0.3) is 0 Å². The maximum atomic E-state index is 8.93. The molecular weight excluding hydrogens is 223 g/mol. The van der Waals surface area contributed by atoms with Crippen LogP contribution in [0.2, 0.25) is 5.02 Å². The largest absolute Gasteiger partial charge is 0.316 e. The third kappa shape index (κ3) is 1.64. The molecule has 1 aromatic heterocycles. The molecule has 0 radical (unpaired) electrons. The number of nitrogens with zero attached hydrogens (tertiary/aromatic N) is 1. The van der Waals surface area contributed by atoms with E-state index in [-0.39, 0.29) is 0 Å². The Balaban J connectivity index is 2.47. The highest BCUT2D eigenvalue weighted by Crippen LogP contribution is 2.31. The van der Waals surface area contributed by atoms with Gasteiger partial charge in [0.2, 0.25) is 0 Å². The van der Waals surface area contributed by atoms with Crippen LogP contribution in [0.4, 0.5) is 0 Å². The average Bonchev–Trinajstić information content (AvgIpc) is 2.18. The van der Waals surface area contributed by atoms with Crippen molar-refractivity contribution in [2.24, 2.45) is 0 Å². The number of aromatic nitrogens is 1. The number of nitrogens with one attached hydrogen (secondary N) is 1. The molecule has 5 heteroatoms. The summed E-state index contributed by atoms with van der Waals surface area (Å²) in [6, 6.07) is 1.39. The van der Waals surface area contributed by atoms with Gasteiger partial charge in [0.15, 0.2) is 0 Å². The Morgan fingerprint density at radius 3 is 3.00 bits per heavy atom. The predicted molar refractivity (Wildman–Crippen MR) is 54.6 cm³/mol. The van der Waals surface area contributed by atoms with Gasteiger partial charge in [-0.15, -0.1) is 0 Å². The van der Waals surface area contributed by atoms with E-state index in [1.165, 1.54) is 0 Å². The van der Waals surface area contributed by atoms with E-state index in [0.29, 0.717) is 16.5 Å². The summed E-state index contributed by atoms with van der Waals surface area (Å²) >= 11 is 11.7. The van der Waals surface area contributed by atoms with Crippen LogP contribution in [0, 0.1) is 0 Å². The molecule has 0 aromatic carbocycles. The first-order valence-electron chi connectivity index (χ1n) is 4.12. The number of hydrogen-bond donors (Lipinski definition) is 2. The van der Waals surface area contributed by atoms with Crippen molar-refractivity contribution in [3.8, 4) is 0 Å². The third-order valence-electron chi connectivity index (χ3n) is 2.16. The Bertz CT molecular complexity index is 392. The van der Waals surface area contributed by atoms with E-state index < -0.39 is 6.04 Å². The Hall–Kier alpha value is -0.610. The monoisotopic (exact) mass is 230 g/mol. The number of hydroxylamine groups is 1. The Morgan fingerprint density at radius 2 is 2.29 bits per heavy atom. The molecular formula is C9H8Cl2N2O. The standard InChI is InChI=1S/C9H8Cl2N2O/c10-6-3-5-1-2-7(11)9(13-14)8(5)12-4-6/h2-4,9,13-14H,1H2. The number of allylic oxidation sites excluding steroid dienone is 1. The van der Waals surface area contributed by atoms with Crippen LogP contribution in [-0.2, 0) is 6.42 Å². The minimum Gasteiger partial charge on any atom is -0.316 e. The molecule has 0 bridgehead atoms. The summed E-state index contributed by atoms with van der Waals surface area (Å²) in [4.78, 5) is 4.14. The smallest absolute Gasteiger partial charge is 0.109 e. The van der Waals surface area contributed by atoms with E-state index in [4.69, 9.17) is 28.4 Å². The molecule has 3 nitrogen and oxygen atoms in total. The zero-order valence-corrected chi connectivity index (χ0v) is 8.68. The van der Waals surface area contributed by atoms with Gasteiger partial charge in [-0.3, -0.25) is 4.98 Å². The fraction of sp³-hybridized carbons (Fsp3) is 0.222. The number of halogens is 2. The second kappa shape index (κ2) is 3.87. The molecule has 0 aliphatic heterocycles. The van der Waals surface area contributed by atoms with Crippen LogP contribution in [-0.4, -0.2) is 10.2 Å². The lowest BCUT2D eigenvalue weighted by molar-refractivity contribution is 0.139. The average molecular weight is 231 g/mol. The van der Waals surface area contributed by atoms with Gasteiger partial charge in [0.05, 0.1) is 10.7 Å². The summed E-state index contributed by atoms with van der Waals surface area (Å²) in [6.45, 7) is 0. The van der Waals surface area contributed by atoms with Crippen LogP contribution in [0.3, 0.4) is 0 Å². The quantitative estimate of drug-likeness (QED) is 0.729. The predicted octanol–water partition coefficient (Wildman–Crippen LogP) is 2.43. The normalized spacial score (nSPS) is 20.2. The summed E-state index contributed by atoms with van der Waals surface area (Å²) < 4.78 is 0. The SMILES string of the molecule is ONC1C(Cl)=CCc2cc(Cl)cnc21. The summed E-state index contributed by atoms with van der Waals surface area (Å²) in [5.41, 5.74) is 3.83. The lowest BCUT2D eigenvalue weighted by Gasteiger charge is -2.21. The van der Waals surface area contributed by atoms with E-state index in [1.807, 2.05) is 12.1 Å². The molecule has 2 rings (SSSR count). The molecule has 0 saturated heterocycles. The van der Waals surface area contributed by atoms with Gasteiger partial charge >= 0.3 is 0 Å². The lowest BCUT2D eigenvalue weighted by atomic mass is 9.98. The van der Waals surface area contributed by atoms with Gasteiger partial charge in [-0.25, -0.2) is 0 Å². The number of fused-ring (bicyclic) bond motifs is 1. The van der Waals surface area contributed by atoms with E-state index in [9.17, 15) is 0 Å². The zero-order chi connectivity index (χ0) is 10.1. The van der Waals surface area contributed by atoms with Crippen LogP contribution in [0.25, 0.3) is 0 Å². The van der Waals surface area contributed by atoms with Crippen molar-refractivity contribution in [1.29, 1.82) is 0 Å². The second-order valence-corrected chi connectivity index (χ2v) is 3.93. The zero-order valence-electron chi connectivity index (χ0n) is 7.17. The van der Waals surface area contributed by atoms with E-state index in [1.54, 1.807) is 6.20 Å². The molecule has 0 spiro atoms. The van der Waals surface area contributed by atoms with E-state index in [0.717, 1.165) is 11.3 Å². The van der Waals surface area contributed by atoms with Gasteiger partial charge in [-0.1, -0.05) is 29.3 Å². The topological polar surface area (TPSA) is 45.1 Å². The van der Waals surface area contributed by atoms with Crippen molar-refractivity contribution >= 4 is 23.2 Å². The van der Waals surface area contributed by atoms with Gasteiger partial charge in [0.1, 0.15) is 6.04 Å². The van der Waals surface area contributed by atoms with Gasteiger partial charge in [0, 0.05) is 11.2 Å². The van der Waals surface area contributed by atoms with Crippen molar-refractivity contribution in [2.45, 2.75) is 12.5 Å². The first-order valence-corrected chi connectivity index (χ1v) is 4.87. The van der Waals surface area contributed by atoms with Crippen molar-refractivity contribution in [3.05, 3.63) is 39.7 Å². The Morgan fingerprint density at radius 1 is 1.50 bits per heavy atom. The van der Waals surface area contributed by atoms with Crippen LogP contribution in [0.15, 0.2) is 23.4 Å². The molecule has 0 fully saturated rings. The minimum absolute atomic E-state index is 0.433. The van der Waals surface area contributed by atoms with Crippen molar-refractivity contribution in [3.63, 3.8) is 0 Å². The molecule has 0 saturated carbocycles. The highest BCUT2D eigenvalue weighted by molar-refractivity contribution is 6.31. The molecule has 1 aromatic rings. The van der Waals surface area contributed by atoms with E-state index in [2.05, 4.69) is 10.5 Å². The lowest BCUT2D eigenvalue weighted by Crippen LogP contribution is -2.22. The molecule has 1 aliphatic carbocycles. The summed E-state index contributed by atoms with van der Waals surface area (Å²) in [6.07, 6.45) is 4.07. The van der Waals surface area contributed by atoms with Crippen LogP contribution < -0.4 is 5.48 Å². The summed E-state index contributed by atoms with van der Waals surface area (Å²) in [5.74, 6) is 0. The fourth-order valence-corrected chi connectivity index (χ4v) is 1.90. The molecule has 1 aliphatic rings. The molecule has 2 N–H and O–H groups in total. The first kappa shape index (κ1) is 9.93. The molecule has 0 amide bonds. The van der Waals surface area contributed by atoms with Crippen molar-refractivity contribution in [2.75, 3.05) is 0 Å². The maximum Gasteiger partial charge on any atom is 0.109 e. The van der Waals surface area contributed by atoms with Crippen LogP contribution in [0.1, 0.15) is 17.3 Å². The Kier molecular flexibility index (Phi) is 2.74.